The fourth-order valence-corrected chi connectivity index (χ4v) is 3.23. The second-order valence-corrected chi connectivity index (χ2v) is 6.45. The van der Waals surface area contributed by atoms with Crippen LogP contribution in [0, 0.1) is 5.82 Å². The van der Waals surface area contributed by atoms with Crippen LogP contribution in [0.2, 0.25) is 0 Å². The Hall–Kier alpha value is -2.41. The van der Waals surface area contributed by atoms with Crippen molar-refractivity contribution >= 4 is 11.7 Å². The van der Waals surface area contributed by atoms with Crippen molar-refractivity contribution in [2.24, 2.45) is 7.05 Å². The molecule has 2 N–H and O–H groups in total. The summed E-state index contributed by atoms with van der Waals surface area (Å²) in [5.74, 6) is -0.320. The van der Waals surface area contributed by atoms with Gasteiger partial charge in [-0.3, -0.25) is 9.58 Å². The van der Waals surface area contributed by atoms with E-state index in [9.17, 15) is 9.18 Å². The van der Waals surface area contributed by atoms with Gasteiger partial charge in [-0.05, 0) is 37.1 Å². The third-order valence-electron chi connectivity index (χ3n) is 4.43. The highest BCUT2D eigenvalue weighted by Crippen LogP contribution is 2.16. The Morgan fingerprint density at radius 3 is 2.84 bits per heavy atom. The third-order valence-corrected chi connectivity index (χ3v) is 4.43. The number of urea groups is 1. The lowest BCUT2D eigenvalue weighted by atomic mass is 10.2. The van der Waals surface area contributed by atoms with Crippen molar-refractivity contribution in [2.75, 3.05) is 18.4 Å². The standard InChI is InChI=1S/C18H24FN5O/c1-3-17-13(10-23(2)22-17)11-24-9-8-16(12-24)21-18(25)20-15-6-4-14(19)5-7-15/h4-7,10,16H,3,8-9,11-12H2,1-2H3,(H2,20,21,25)/t16-/m1/s1. The first kappa shape index (κ1) is 17.4. The van der Waals surface area contributed by atoms with Crippen LogP contribution >= 0.6 is 0 Å². The summed E-state index contributed by atoms with van der Waals surface area (Å²) >= 11 is 0. The van der Waals surface area contributed by atoms with Crippen molar-refractivity contribution in [3.8, 4) is 0 Å². The molecule has 7 heteroatoms. The number of benzene rings is 1. The molecule has 0 unspecified atom stereocenters. The highest BCUT2D eigenvalue weighted by molar-refractivity contribution is 5.89. The van der Waals surface area contributed by atoms with Gasteiger partial charge in [0.2, 0.25) is 0 Å². The Morgan fingerprint density at radius 1 is 1.36 bits per heavy atom. The highest BCUT2D eigenvalue weighted by atomic mass is 19.1. The van der Waals surface area contributed by atoms with Crippen LogP contribution in [0.4, 0.5) is 14.9 Å². The summed E-state index contributed by atoms with van der Waals surface area (Å²) in [5.41, 5.74) is 2.96. The molecule has 0 radical (unpaired) electrons. The van der Waals surface area contributed by atoms with Crippen LogP contribution in [0.25, 0.3) is 0 Å². The first-order valence-electron chi connectivity index (χ1n) is 8.60. The molecule has 6 nitrogen and oxygen atoms in total. The fourth-order valence-electron chi connectivity index (χ4n) is 3.23. The predicted molar refractivity (Wildman–Crippen MR) is 94.8 cm³/mol. The number of nitrogens with one attached hydrogen (secondary N) is 2. The van der Waals surface area contributed by atoms with Crippen LogP contribution in [0.15, 0.2) is 30.5 Å². The van der Waals surface area contributed by atoms with Crippen molar-refractivity contribution in [1.82, 2.24) is 20.0 Å². The van der Waals surface area contributed by atoms with Crippen molar-refractivity contribution in [3.63, 3.8) is 0 Å². The van der Waals surface area contributed by atoms with Gasteiger partial charge < -0.3 is 10.6 Å². The number of carbonyl (C=O) groups is 1. The highest BCUT2D eigenvalue weighted by Gasteiger charge is 2.24. The SMILES string of the molecule is CCc1nn(C)cc1CN1CC[C@@H](NC(=O)Nc2ccc(F)cc2)C1. The van der Waals surface area contributed by atoms with E-state index in [2.05, 4.69) is 33.8 Å². The molecule has 0 spiro atoms. The number of carbonyl (C=O) groups excluding carboxylic acids is 1. The van der Waals surface area contributed by atoms with Crippen molar-refractivity contribution < 1.29 is 9.18 Å². The number of anilines is 1. The quantitative estimate of drug-likeness (QED) is 0.875. The van der Waals surface area contributed by atoms with Crippen molar-refractivity contribution in [1.29, 1.82) is 0 Å². The van der Waals surface area contributed by atoms with Gasteiger partial charge in [-0.25, -0.2) is 9.18 Å². The molecular formula is C18H24FN5O. The number of hydrogen-bond donors (Lipinski definition) is 2. The second-order valence-electron chi connectivity index (χ2n) is 6.45. The summed E-state index contributed by atoms with van der Waals surface area (Å²) in [7, 11) is 1.94. The molecule has 25 heavy (non-hydrogen) atoms. The molecule has 3 rings (SSSR count). The minimum atomic E-state index is -0.320. The fraction of sp³-hybridized carbons (Fsp3) is 0.444. The van der Waals surface area contributed by atoms with E-state index in [1.807, 2.05) is 11.7 Å². The Labute approximate surface area is 147 Å². The molecular weight excluding hydrogens is 321 g/mol. The molecule has 0 aliphatic carbocycles. The lowest BCUT2D eigenvalue weighted by Crippen LogP contribution is -2.39. The average molecular weight is 345 g/mol. The number of aromatic nitrogens is 2. The summed E-state index contributed by atoms with van der Waals surface area (Å²) < 4.78 is 14.7. The van der Waals surface area contributed by atoms with Crippen LogP contribution in [0.5, 0.6) is 0 Å². The monoisotopic (exact) mass is 345 g/mol. The third kappa shape index (κ3) is 4.57. The summed E-state index contributed by atoms with van der Waals surface area (Å²) in [6, 6.07) is 5.60. The van der Waals surface area contributed by atoms with E-state index < -0.39 is 0 Å². The van der Waals surface area contributed by atoms with E-state index in [4.69, 9.17) is 0 Å². The molecule has 1 atom stereocenters. The van der Waals surface area contributed by atoms with E-state index in [0.29, 0.717) is 5.69 Å². The van der Waals surface area contributed by atoms with Gasteiger partial charge in [-0.15, -0.1) is 0 Å². The van der Waals surface area contributed by atoms with E-state index in [1.165, 1.54) is 17.7 Å². The number of aryl methyl sites for hydroxylation is 2. The molecule has 2 heterocycles. The molecule has 2 amide bonds. The van der Waals surface area contributed by atoms with Crippen LogP contribution < -0.4 is 10.6 Å². The summed E-state index contributed by atoms with van der Waals surface area (Å²) in [5, 5.41) is 10.2. The zero-order valence-corrected chi connectivity index (χ0v) is 14.6. The molecule has 1 aromatic carbocycles. The predicted octanol–water partition coefficient (Wildman–Crippen LogP) is 2.52. The van der Waals surface area contributed by atoms with E-state index in [1.54, 1.807) is 12.1 Å². The number of halogens is 1. The Morgan fingerprint density at radius 2 is 2.12 bits per heavy atom. The first-order chi connectivity index (χ1) is 12.0. The Kier molecular flexibility index (Phi) is 5.33. The largest absolute Gasteiger partial charge is 0.334 e. The van der Waals surface area contributed by atoms with Crippen molar-refractivity contribution in [3.05, 3.63) is 47.5 Å². The molecule has 0 saturated carbocycles. The van der Waals surface area contributed by atoms with Gasteiger partial charge in [-0.2, -0.15) is 5.10 Å². The molecule has 2 aromatic rings. The van der Waals surface area contributed by atoms with Gasteiger partial charge >= 0.3 is 6.03 Å². The van der Waals surface area contributed by atoms with Crippen molar-refractivity contribution in [2.45, 2.75) is 32.4 Å². The topological polar surface area (TPSA) is 62.2 Å². The minimum Gasteiger partial charge on any atom is -0.334 e. The summed E-state index contributed by atoms with van der Waals surface area (Å²) in [6.45, 7) is 4.73. The smallest absolute Gasteiger partial charge is 0.319 e. The molecule has 1 aliphatic heterocycles. The van der Waals surface area contributed by atoms with Gasteiger partial charge in [0.25, 0.3) is 0 Å². The maximum Gasteiger partial charge on any atom is 0.319 e. The summed E-state index contributed by atoms with van der Waals surface area (Å²) in [4.78, 5) is 14.4. The Balaban J connectivity index is 1.49. The second kappa shape index (κ2) is 7.65. The normalized spacial score (nSPS) is 17.6. The summed E-state index contributed by atoms with van der Waals surface area (Å²) in [6.07, 6.45) is 3.91. The zero-order chi connectivity index (χ0) is 17.8. The van der Waals surface area contributed by atoms with Gasteiger partial charge in [0.05, 0.1) is 5.69 Å². The molecule has 0 bridgehead atoms. The lowest BCUT2D eigenvalue weighted by molar-refractivity contribution is 0.247. The van der Waals surface area contributed by atoms with E-state index in [-0.39, 0.29) is 17.9 Å². The van der Waals surface area contributed by atoms with E-state index in [0.717, 1.165) is 38.2 Å². The number of amides is 2. The minimum absolute atomic E-state index is 0.113. The van der Waals surface area contributed by atoms with E-state index >= 15 is 0 Å². The van der Waals surface area contributed by atoms with Gasteiger partial charge in [0, 0.05) is 50.2 Å². The molecule has 134 valence electrons. The molecule has 1 fully saturated rings. The van der Waals surface area contributed by atoms with Gasteiger partial charge in [0.1, 0.15) is 5.82 Å². The van der Waals surface area contributed by atoms with Crippen LogP contribution in [-0.4, -0.2) is 39.8 Å². The van der Waals surface area contributed by atoms with Crippen LogP contribution in [0.1, 0.15) is 24.6 Å². The van der Waals surface area contributed by atoms with Crippen LogP contribution in [0.3, 0.4) is 0 Å². The lowest BCUT2D eigenvalue weighted by Gasteiger charge is -2.17. The van der Waals surface area contributed by atoms with Gasteiger partial charge in [-0.1, -0.05) is 6.92 Å². The molecule has 1 aromatic heterocycles. The average Bonchev–Trinajstić information content (AvgIpc) is 3.16. The number of hydrogen-bond acceptors (Lipinski definition) is 3. The molecule has 1 aliphatic rings. The van der Waals surface area contributed by atoms with Crippen LogP contribution in [-0.2, 0) is 20.0 Å². The maximum absolute atomic E-state index is 12.9. The zero-order valence-electron chi connectivity index (χ0n) is 14.6. The number of rotatable bonds is 5. The van der Waals surface area contributed by atoms with Gasteiger partial charge in [0.15, 0.2) is 0 Å². The first-order valence-corrected chi connectivity index (χ1v) is 8.60. The number of nitrogens with zero attached hydrogens (tertiary/aromatic N) is 3. The number of likely N-dealkylation sites (tertiary alicyclic amines) is 1. The molecule has 1 saturated heterocycles. The Bertz CT molecular complexity index is 728. The maximum atomic E-state index is 12.9.